The number of benzene rings is 3. The van der Waals surface area contributed by atoms with Gasteiger partial charge in [0.25, 0.3) is 0 Å². The van der Waals surface area contributed by atoms with Crippen molar-refractivity contribution in [2.75, 3.05) is 0 Å². The molecule has 0 fully saturated rings. The zero-order chi connectivity index (χ0) is 23.1. The summed E-state index contributed by atoms with van der Waals surface area (Å²) in [5.74, 6) is -0.806. The maximum Gasteiger partial charge on any atom is 0.352 e. The molecule has 164 valence electrons. The third-order valence-corrected chi connectivity index (χ3v) is 5.68. The zero-order valence-corrected chi connectivity index (χ0v) is 19.1. The van der Waals surface area contributed by atoms with Crippen molar-refractivity contribution in [3.05, 3.63) is 82.9 Å². The van der Waals surface area contributed by atoms with Crippen LogP contribution in [0.1, 0.15) is 38.8 Å². The monoisotopic (exact) mass is 449 g/mol. The molecule has 4 aromatic rings. The summed E-state index contributed by atoms with van der Waals surface area (Å²) in [6.07, 6.45) is 0. The lowest BCUT2D eigenvalue weighted by atomic mass is 9.85. The van der Waals surface area contributed by atoms with E-state index in [1.807, 2.05) is 36.4 Å². The van der Waals surface area contributed by atoms with Gasteiger partial charge < -0.3 is 9.84 Å². The third kappa shape index (κ3) is 4.06. The number of carboxylic acid groups (broad SMARTS) is 1. The molecule has 0 bridgehead atoms. The molecule has 4 rings (SSSR count). The molecule has 0 aliphatic carbocycles. The molecule has 0 aliphatic rings. The zero-order valence-electron chi connectivity index (χ0n) is 18.3. The van der Waals surface area contributed by atoms with Gasteiger partial charge in [-0.25, -0.2) is 4.79 Å². The van der Waals surface area contributed by atoms with Gasteiger partial charge in [-0.2, -0.15) is 0 Å². The summed E-state index contributed by atoms with van der Waals surface area (Å²) in [6.45, 7) is 7.86. The quantitative estimate of drug-likeness (QED) is 0.419. The molecule has 3 aromatic carbocycles. The van der Waals surface area contributed by atoms with E-state index in [-0.39, 0.29) is 5.41 Å². The molecule has 0 aliphatic heterocycles. The summed E-state index contributed by atoms with van der Waals surface area (Å²) >= 11 is 6.24. The van der Waals surface area contributed by atoms with Gasteiger partial charge in [0.1, 0.15) is 22.5 Å². The number of hydrogen-bond donors (Lipinski definition) is 1. The number of fused-ring (bicyclic) bond motifs is 1. The van der Waals surface area contributed by atoms with Crippen LogP contribution in [0.2, 0.25) is 5.02 Å². The Bertz CT molecular complexity index is 1260. The predicted molar refractivity (Wildman–Crippen MR) is 125 cm³/mol. The Balaban J connectivity index is 1.78. The largest absolute Gasteiger partial charge is 0.478 e. The van der Waals surface area contributed by atoms with E-state index >= 15 is 0 Å². The fraction of sp³-hybridized carbons (Fsp3) is 0.240. The van der Waals surface area contributed by atoms with E-state index in [1.165, 1.54) is 11.7 Å². The second-order valence-electron chi connectivity index (χ2n) is 8.86. The number of carboxylic acids is 1. The van der Waals surface area contributed by atoms with Crippen LogP contribution in [-0.2, 0) is 15.8 Å². The van der Waals surface area contributed by atoms with E-state index < -0.39 is 11.6 Å². The van der Waals surface area contributed by atoms with E-state index in [0.717, 1.165) is 5.56 Å². The molecular weight excluding hydrogens is 426 g/mol. The van der Waals surface area contributed by atoms with E-state index in [2.05, 4.69) is 31.0 Å². The lowest BCUT2D eigenvalue weighted by Gasteiger charge is -2.28. The summed E-state index contributed by atoms with van der Waals surface area (Å²) in [4.78, 5) is 13.8. The van der Waals surface area contributed by atoms with Crippen molar-refractivity contribution in [3.8, 4) is 11.4 Å². The highest BCUT2D eigenvalue weighted by atomic mass is 35.5. The maximum atomic E-state index is 12.4. The number of rotatable bonds is 5. The van der Waals surface area contributed by atoms with Crippen molar-refractivity contribution < 1.29 is 14.6 Å². The SMILES string of the molecule is CC(C)(C)c1ccc(C(C)(Oc2ccc(Cl)cc2-n2nc3ccccc3n2)C(=O)O)cc1. The molecule has 0 spiro atoms. The molecule has 1 atom stereocenters. The summed E-state index contributed by atoms with van der Waals surface area (Å²) in [5, 5.41) is 19.6. The highest BCUT2D eigenvalue weighted by Crippen LogP contribution is 2.35. The van der Waals surface area contributed by atoms with E-state index in [0.29, 0.717) is 33.1 Å². The van der Waals surface area contributed by atoms with Crippen molar-refractivity contribution in [2.24, 2.45) is 0 Å². The minimum atomic E-state index is -1.63. The van der Waals surface area contributed by atoms with Crippen LogP contribution in [0.3, 0.4) is 0 Å². The first-order valence-corrected chi connectivity index (χ1v) is 10.6. The molecule has 0 radical (unpaired) electrons. The summed E-state index contributed by atoms with van der Waals surface area (Å²) < 4.78 is 6.15. The van der Waals surface area contributed by atoms with Gasteiger partial charge in [0, 0.05) is 10.6 Å². The Morgan fingerprint density at radius 3 is 2.00 bits per heavy atom. The number of halogens is 1. The van der Waals surface area contributed by atoms with Gasteiger partial charge in [-0.05, 0) is 48.2 Å². The van der Waals surface area contributed by atoms with Crippen molar-refractivity contribution in [1.82, 2.24) is 15.0 Å². The highest BCUT2D eigenvalue weighted by molar-refractivity contribution is 6.30. The second kappa shape index (κ2) is 7.95. The number of hydrogen-bond acceptors (Lipinski definition) is 4. The molecule has 1 heterocycles. The average molecular weight is 450 g/mol. The van der Waals surface area contributed by atoms with Gasteiger partial charge in [-0.1, -0.05) is 68.8 Å². The highest BCUT2D eigenvalue weighted by Gasteiger charge is 2.39. The molecule has 0 saturated heterocycles. The molecule has 1 N–H and O–H groups in total. The number of carbonyl (C=O) groups is 1. The fourth-order valence-corrected chi connectivity index (χ4v) is 3.60. The first kappa shape index (κ1) is 21.8. The Morgan fingerprint density at radius 2 is 1.47 bits per heavy atom. The lowest BCUT2D eigenvalue weighted by Crippen LogP contribution is -2.39. The minimum Gasteiger partial charge on any atom is -0.478 e. The van der Waals surface area contributed by atoms with Crippen LogP contribution in [0.25, 0.3) is 16.7 Å². The third-order valence-electron chi connectivity index (χ3n) is 5.45. The van der Waals surface area contributed by atoms with Crippen molar-refractivity contribution in [1.29, 1.82) is 0 Å². The fourth-order valence-electron chi connectivity index (χ4n) is 3.43. The Morgan fingerprint density at radius 1 is 0.906 bits per heavy atom. The molecule has 6 nitrogen and oxygen atoms in total. The first-order chi connectivity index (χ1) is 15.1. The minimum absolute atomic E-state index is 0.0455. The number of nitrogens with zero attached hydrogens (tertiary/aromatic N) is 3. The normalized spacial score (nSPS) is 13.7. The van der Waals surface area contributed by atoms with Crippen LogP contribution >= 0.6 is 11.6 Å². The van der Waals surface area contributed by atoms with Gasteiger partial charge in [0.15, 0.2) is 0 Å². The van der Waals surface area contributed by atoms with Crippen LogP contribution in [0.5, 0.6) is 5.75 Å². The summed E-state index contributed by atoms with van der Waals surface area (Å²) in [5.41, 5.74) is 1.81. The molecule has 0 amide bonds. The van der Waals surface area contributed by atoms with Crippen molar-refractivity contribution >= 4 is 28.6 Å². The summed E-state index contributed by atoms with van der Waals surface area (Å²) in [6, 6.07) is 19.8. The first-order valence-electron chi connectivity index (χ1n) is 10.2. The Kier molecular flexibility index (Phi) is 5.42. The molecular formula is C25H24ClN3O3. The van der Waals surface area contributed by atoms with Crippen molar-refractivity contribution in [2.45, 2.75) is 38.7 Å². The van der Waals surface area contributed by atoms with Crippen LogP contribution in [-0.4, -0.2) is 26.1 Å². The van der Waals surface area contributed by atoms with Crippen LogP contribution in [0, 0.1) is 0 Å². The average Bonchev–Trinajstić information content (AvgIpc) is 3.18. The summed E-state index contributed by atoms with van der Waals surface area (Å²) in [7, 11) is 0. The van der Waals surface area contributed by atoms with Gasteiger partial charge in [-0.15, -0.1) is 15.0 Å². The van der Waals surface area contributed by atoms with Crippen LogP contribution in [0.15, 0.2) is 66.7 Å². The smallest absolute Gasteiger partial charge is 0.352 e. The molecule has 32 heavy (non-hydrogen) atoms. The molecule has 0 saturated carbocycles. The molecule has 1 unspecified atom stereocenters. The maximum absolute atomic E-state index is 12.4. The van der Waals surface area contributed by atoms with E-state index in [4.69, 9.17) is 16.3 Å². The van der Waals surface area contributed by atoms with E-state index in [9.17, 15) is 9.90 Å². The Hall–Kier alpha value is -3.38. The van der Waals surface area contributed by atoms with Crippen molar-refractivity contribution in [3.63, 3.8) is 0 Å². The standard InChI is InChI=1S/C25H24ClN3O3/c1-24(2,3)16-9-11-17(12-10-16)25(4,23(30)31)32-22-14-13-18(26)15-21(22)29-27-19-7-5-6-8-20(19)28-29/h5-15H,1-4H3,(H,30,31). The number of ether oxygens (including phenoxy) is 1. The van der Waals surface area contributed by atoms with E-state index in [1.54, 1.807) is 30.3 Å². The number of aliphatic carboxylic acids is 1. The van der Waals surface area contributed by atoms with Gasteiger partial charge in [0.05, 0.1) is 0 Å². The molecule has 1 aromatic heterocycles. The lowest BCUT2D eigenvalue weighted by molar-refractivity contribution is -0.154. The van der Waals surface area contributed by atoms with Gasteiger partial charge in [0.2, 0.25) is 5.60 Å². The van der Waals surface area contributed by atoms with Gasteiger partial charge >= 0.3 is 5.97 Å². The van der Waals surface area contributed by atoms with Crippen LogP contribution < -0.4 is 4.74 Å². The molecule has 7 heteroatoms. The topological polar surface area (TPSA) is 77.2 Å². The number of aromatic nitrogens is 3. The van der Waals surface area contributed by atoms with Gasteiger partial charge in [-0.3, -0.25) is 0 Å². The second-order valence-corrected chi connectivity index (χ2v) is 9.29. The Labute approximate surface area is 191 Å². The predicted octanol–water partition coefficient (Wildman–Crippen LogP) is 5.75. The van der Waals surface area contributed by atoms with Crippen LogP contribution in [0.4, 0.5) is 0 Å².